The predicted octanol–water partition coefficient (Wildman–Crippen LogP) is 1.60. The van der Waals surface area contributed by atoms with E-state index >= 15 is 0 Å². The summed E-state index contributed by atoms with van der Waals surface area (Å²) in [5, 5.41) is 2.81. The van der Waals surface area contributed by atoms with Crippen LogP contribution in [0.15, 0.2) is 30.3 Å². The lowest BCUT2D eigenvalue weighted by molar-refractivity contribution is -0.142. The van der Waals surface area contributed by atoms with Crippen molar-refractivity contribution in [1.82, 2.24) is 15.1 Å². The van der Waals surface area contributed by atoms with Gasteiger partial charge in [-0.05, 0) is 18.4 Å². The summed E-state index contributed by atoms with van der Waals surface area (Å²) in [4.78, 5) is 40.4. The minimum Gasteiger partial charge on any atom is -0.355 e. The van der Waals surface area contributed by atoms with Crippen molar-refractivity contribution in [1.29, 1.82) is 0 Å². The van der Waals surface area contributed by atoms with E-state index in [1.165, 1.54) is 0 Å². The lowest BCUT2D eigenvalue weighted by atomic mass is 10.1. The van der Waals surface area contributed by atoms with Crippen LogP contribution in [0.1, 0.15) is 37.7 Å². The fourth-order valence-corrected chi connectivity index (χ4v) is 3.92. The van der Waals surface area contributed by atoms with Crippen LogP contribution in [0.5, 0.6) is 0 Å². The van der Waals surface area contributed by atoms with Gasteiger partial charge in [-0.2, -0.15) is 0 Å². The largest absolute Gasteiger partial charge is 0.355 e. The molecule has 0 aromatic heterocycles. The second kappa shape index (κ2) is 9.53. The van der Waals surface area contributed by atoms with Crippen LogP contribution >= 0.6 is 0 Å². The Hall–Kier alpha value is -2.37. The number of benzene rings is 1. The molecule has 1 aromatic rings. The van der Waals surface area contributed by atoms with E-state index in [-0.39, 0.29) is 23.6 Å². The van der Waals surface area contributed by atoms with Crippen molar-refractivity contribution in [2.75, 3.05) is 32.7 Å². The zero-order chi connectivity index (χ0) is 19.1. The van der Waals surface area contributed by atoms with Crippen LogP contribution in [0.2, 0.25) is 0 Å². The van der Waals surface area contributed by atoms with Crippen LogP contribution in [-0.2, 0) is 20.8 Å². The van der Waals surface area contributed by atoms with Gasteiger partial charge >= 0.3 is 0 Å². The molecule has 2 fully saturated rings. The SMILES string of the molecule is O=C(Cc1ccccc1)NCCC(=O)N1CCN(C(=O)C2CCCC2)CC1. The Balaban J connectivity index is 1.33. The molecule has 6 nitrogen and oxygen atoms in total. The number of hydrogen-bond acceptors (Lipinski definition) is 3. The lowest BCUT2D eigenvalue weighted by Gasteiger charge is -2.36. The van der Waals surface area contributed by atoms with Gasteiger partial charge in [0.25, 0.3) is 0 Å². The lowest BCUT2D eigenvalue weighted by Crippen LogP contribution is -2.52. The molecule has 0 radical (unpaired) electrons. The van der Waals surface area contributed by atoms with Gasteiger partial charge in [-0.25, -0.2) is 0 Å². The molecule has 27 heavy (non-hydrogen) atoms. The fraction of sp³-hybridized carbons (Fsp3) is 0.571. The quantitative estimate of drug-likeness (QED) is 0.826. The summed E-state index contributed by atoms with van der Waals surface area (Å²) in [7, 11) is 0. The van der Waals surface area contributed by atoms with E-state index in [2.05, 4.69) is 5.32 Å². The van der Waals surface area contributed by atoms with E-state index in [0.717, 1.165) is 31.2 Å². The van der Waals surface area contributed by atoms with E-state index in [9.17, 15) is 14.4 Å². The maximum atomic E-state index is 12.4. The Morgan fingerprint density at radius 2 is 1.56 bits per heavy atom. The summed E-state index contributed by atoms with van der Waals surface area (Å²) in [6, 6.07) is 9.56. The summed E-state index contributed by atoms with van der Waals surface area (Å²) < 4.78 is 0. The Bertz CT molecular complexity index is 648. The van der Waals surface area contributed by atoms with Gasteiger partial charge < -0.3 is 15.1 Å². The normalized spacial score (nSPS) is 17.8. The molecular weight excluding hydrogens is 342 g/mol. The van der Waals surface area contributed by atoms with E-state index in [1.54, 1.807) is 0 Å². The van der Waals surface area contributed by atoms with Gasteiger partial charge in [0.1, 0.15) is 0 Å². The molecule has 0 spiro atoms. The van der Waals surface area contributed by atoms with Crippen molar-refractivity contribution < 1.29 is 14.4 Å². The van der Waals surface area contributed by atoms with Crippen molar-refractivity contribution in [2.45, 2.75) is 38.5 Å². The van der Waals surface area contributed by atoms with E-state index in [1.807, 2.05) is 40.1 Å². The Morgan fingerprint density at radius 1 is 0.926 bits per heavy atom. The molecule has 2 aliphatic rings. The number of piperazine rings is 1. The van der Waals surface area contributed by atoms with Gasteiger partial charge in [-0.3, -0.25) is 14.4 Å². The summed E-state index contributed by atoms with van der Waals surface area (Å²) in [5.41, 5.74) is 0.962. The zero-order valence-electron chi connectivity index (χ0n) is 15.9. The number of nitrogens with one attached hydrogen (secondary N) is 1. The van der Waals surface area contributed by atoms with Crippen molar-refractivity contribution in [3.05, 3.63) is 35.9 Å². The van der Waals surface area contributed by atoms with Gasteiger partial charge in [0.2, 0.25) is 17.7 Å². The van der Waals surface area contributed by atoms with Gasteiger partial charge in [0.15, 0.2) is 0 Å². The Labute approximate surface area is 160 Å². The number of amides is 3. The maximum Gasteiger partial charge on any atom is 0.225 e. The van der Waals surface area contributed by atoms with Gasteiger partial charge in [-0.1, -0.05) is 43.2 Å². The second-order valence-corrected chi connectivity index (χ2v) is 7.45. The topological polar surface area (TPSA) is 69.7 Å². The monoisotopic (exact) mass is 371 g/mol. The first-order valence-electron chi connectivity index (χ1n) is 10.0. The first-order chi connectivity index (χ1) is 13.1. The zero-order valence-corrected chi connectivity index (χ0v) is 15.9. The molecule has 0 unspecified atom stereocenters. The third-order valence-electron chi connectivity index (χ3n) is 5.52. The third kappa shape index (κ3) is 5.55. The minimum atomic E-state index is -0.0685. The summed E-state index contributed by atoms with van der Waals surface area (Å²) >= 11 is 0. The molecule has 1 heterocycles. The summed E-state index contributed by atoms with van der Waals surface area (Å²) in [6.45, 7) is 2.79. The van der Waals surface area contributed by atoms with Gasteiger partial charge in [0.05, 0.1) is 6.42 Å². The number of nitrogens with zero attached hydrogens (tertiary/aromatic N) is 2. The number of carbonyl (C=O) groups is 3. The number of carbonyl (C=O) groups excluding carboxylic acids is 3. The predicted molar refractivity (Wildman–Crippen MR) is 103 cm³/mol. The maximum absolute atomic E-state index is 12.4. The average molecular weight is 371 g/mol. The molecule has 3 amide bonds. The van der Waals surface area contributed by atoms with Crippen LogP contribution < -0.4 is 5.32 Å². The third-order valence-corrected chi connectivity index (χ3v) is 5.52. The van der Waals surface area contributed by atoms with Crippen molar-refractivity contribution in [3.8, 4) is 0 Å². The van der Waals surface area contributed by atoms with Gasteiger partial charge in [-0.15, -0.1) is 0 Å². The van der Waals surface area contributed by atoms with E-state index < -0.39 is 0 Å². The molecule has 1 aromatic carbocycles. The van der Waals surface area contributed by atoms with Crippen molar-refractivity contribution in [3.63, 3.8) is 0 Å². The molecule has 1 saturated heterocycles. The number of hydrogen-bond donors (Lipinski definition) is 1. The highest BCUT2D eigenvalue weighted by atomic mass is 16.2. The molecule has 3 rings (SSSR count). The van der Waals surface area contributed by atoms with Crippen LogP contribution in [-0.4, -0.2) is 60.2 Å². The highest BCUT2D eigenvalue weighted by molar-refractivity contribution is 5.81. The number of rotatable bonds is 6. The molecule has 1 saturated carbocycles. The molecular formula is C21H29N3O3. The molecule has 0 atom stereocenters. The van der Waals surface area contributed by atoms with Crippen molar-refractivity contribution in [2.24, 2.45) is 5.92 Å². The average Bonchev–Trinajstić information content (AvgIpc) is 3.23. The van der Waals surface area contributed by atoms with E-state index in [4.69, 9.17) is 0 Å². The minimum absolute atomic E-state index is 0.0444. The summed E-state index contributed by atoms with van der Waals surface area (Å²) in [6.07, 6.45) is 4.98. The van der Waals surface area contributed by atoms with Crippen molar-refractivity contribution >= 4 is 17.7 Å². The van der Waals surface area contributed by atoms with E-state index in [0.29, 0.717) is 45.6 Å². The second-order valence-electron chi connectivity index (χ2n) is 7.45. The smallest absolute Gasteiger partial charge is 0.225 e. The van der Waals surface area contributed by atoms with Crippen LogP contribution in [0, 0.1) is 5.92 Å². The highest BCUT2D eigenvalue weighted by Crippen LogP contribution is 2.26. The Kier molecular flexibility index (Phi) is 6.85. The van der Waals surface area contributed by atoms with Crippen LogP contribution in [0.3, 0.4) is 0 Å². The molecule has 0 bridgehead atoms. The molecule has 146 valence electrons. The van der Waals surface area contributed by atoms with Crippen LogP contribution in [0.25, 0.3) is 0 Å². The molecule has 1 N–H and O–H groups in total. The molecule has 6 heteroatoms. The standard InChI is InChI=1S/C21H29N3O3/c25-19(16-17-6-2-1-3-7-17)22-11-10-20(26)23-12-14-24(15-13-23)21(27)18-8-4-5-9-18/h1-3,6-7,18H,4-5,8-16H2,(H,22,25). The van der Waals surface area contributed by atoms with Crippen LogP contribution in [0.4, 0.5) is 0 Å². The summed E-state index contributed by atoms with van der Waals surface area (Å²) in [5.74, 6) is 0.448. The highest BCUT2D eigenvalue weighted by Gasteiger charge is 2.30. The first-order valence-corrected chi connectivity index (χ1v) is 10.0. The first kappa shape index (κ1) is 19.4. The Morgan fingerprint density at radius 3 is 2.22 bits per heavy atom. The fourth-order valence-electron chi connectivity index (χ4n) is 3.92. The molecule has 1 aliphatic carbocycles. The molecule has 1 aliphatic heterocycles. The van der Waals surface area contributed by atoms with Gasteiger partial charge in [0, 0.05) is 45.1 Å².